The number of rotatable bonds is 6. The molecule has 1 aromatic carbocycles. The number of methoxy groups -OCH3 is 2. The molecule has 18 heavy (non-hydrogen) atoms. The van der Waals surface area contributed by atoms with Crippen LogP contribution in [0.1, 0.15) is 5.56 Å². The Hall–Kier alpha value is -0.940. The molecule has 4 nitrogen and oxygen atoms in total. The second kappa shape index (κ2) is 6.85. The normalized spacial score (nSPS) is 24.6. The van der Waals surface area contributed by atoms with Gasteiger partial charge in [0.15, 0.2) is 6.29 Å². The van der Waals surface area contributed by atoms with E-state index >= 15 is 0 Å². The second-order valence-electron chi connectivity index (χ2n) is 4.38. The molecule has 0 unspecified atom stereocenters. The number of hydrogen-bond donors (Lipinski definition) is 0. The number of hydrogen-bond acceptors (Lipinski definition) is 4. The van der Waals surface area contributed by atoms with Crippen molar-refractivity contribution in [2.75, 3.05) is 27.4 Å². The molecule has 0 radical (unpaired) electrons. The van der Waals surface area contributed by atoms with E-state index in [9.17, 15) is 0 Å². The van der Waals surface area contributed by atoms with Crippen molar-refractivity contribution >= 4 is 0 Å². The van der Waals surface area contributed by atoms with Gasteiger partial charge in [0.1, 0.15) is 12.2 Å². The second-order valence-corrected chi connectivity index (χ2v) is 4.38. The quantitative estimate of drug-likeness (QED) is 0.771. The Morgan fingerprint density at radius 3 is 2.00 bits per heavy atom. The van der Waals surface area contributed by atoms with Gasteiger partial charge >= 0.3 is 0 Å². The fraction of sp³-hybridized carbons (Fsp3) is 0.571. The number of benzene rings is 1. The van der Waals surface area contributed by atoms with Crippen LogP contribution in [0.4, 0.5) is 0 Å². The van der Waals surface area contributed by atoms with Crippen LogP contribution in [-0.4, -0.2) is 45.9 Å². The van der Waals surface area contributed by atoms with Crippen molar-refractivity contribution in [1.29, 1.82) is 0 Å². The zero-order valence-electron chi connectivity index (χ0n) is 10.9. The van der Waals surface area contributed by atoms with Gasteiger partial charge in [-0.05, 0) is 5.56 Å². The van der Waals surface area contributed by atoms with Crippen molar-refractivity contribution in [3.05, 3.63) is 35.9 Å². The maximum atomic E-state index is 5.84. The van der Waals surface area contributed by atoms with E-state index in [2.05, 4.69) is 12.1 Å². The van der Waals surface area contributed by atoms with E-state index in [-0.39, 0.29) is 18.5 Å². The van der Waals surface area contributed by atoms with Gasteiger partial charge < -0.3 is 18.9 Å². The molecule has 2 atom stereocenters. The molecule has 0 aromatic heterocycles. The first-order valence-corrected chi connectivity index (χ1v) is 6.16. The lowest BCUT2D eigenvalue weighted by atomic mass is 10.1. The van der Waals surface area contributed by atoms with Crippen molar-refractivity contribution in [3.8, 4) is 0 Å². The highest BCUT2D eigenvalue weighted by Gasteiger charge is 2.35. The van der Waals surface area contributed by atoms with Crippen molar-refractivity contribution in [2.24, 2.45) is 0 Å². The van der Waals surface area contributed by atoms with Crippen LogP contribution in [-0.2, 0) is 25.4 Å². The van der Waals surface area contributed by atoms with Crippen LogP contribution in [0.3, 0.4) is 0 Å². The minimum Gasteiger partial charge on any atom is -0.382 e. The minimum absolute atomic E-state index is 0.0522. The van der Waals surface area contributed by atoms with Crippen molar-refractivity contribution in [2.45, 2.75) is 24.9 Å². The van der Waals surface area contributed by atoms with Crippen molar-refractivity contribution in [1.82, 2.24) is 0 Å². The maximum absolute atomic E-state index is 5.84. The summed E-state index contributed by atoms with van der Waals surface area (Å²) in [5, 5.41) is 0. The molecule has 0 aliphatic carbocycles. The first kappa shape index (κ1) is 13.5. The van der Waals surface area contributed by atoms with Gasteiger partial charge in [-0.3, -0.25) is 0 Å². The molecule has 1 saturated heterocycles. The lowest BCUT2D eigenvalue weighted by Crippen LogP contribution is -2.30. The van der Waals surface area contributed by atoms with Crippen LogP contribution in [0.2, 0.25) is 0 Å². The lowest BCUT2D eigenvalue weighted by Gasteiger charge is -2.14. The Balaban J connectivity index is 1.91. The van der Waals surface area contributed by atoms with E-state index in [4.69, 9.17) is 18.9 Å². The average molecular weight is 252 g/mol. The van der Waals surface area contributed by atoms with Gasteiger partial charge in [0.2, 0.25) is 0 Å². The van der Waals surface area contributed by atoms with E-state index in [0.717, 1.165) is 6.42 Å². The van der Waals surface area contributed by atoms with Crippen LogP contribution in [0.15, 0.2) is 30.3 Å². The molecule has 1 fully saturated rings. The molecular weight excluding hydrogens is 232 g/mol. The van der Waals surface area contributed by atoms with E-state index in [1.807, 2.05) is 18.2 Å². The van der Waals surface area contributed by atoms with Crippen molar-refractivity contribution < 1.29 is 18.9 Å². The standard InChI is InChI=1S/C14H20O4/c1-15-9-12-13(10-16-2)18-14(17-12)8-11-6-4-3-5-7-11/h3-7,12-14H,8-10H2,1-2H3/t12-,13-/m0/s1. The molecule has 1 heterocycles. The predicted octanol–water partition coefficient (Wildman–Crippen LogP) is 1.63. The predicted molar refractivity (Wildman–Crippen MR) is 67.4 cm³/mol. The highest BCUT2D eigenvalue weighted by molar-refractivity contribution is 5.15. The topological polar surface area (TPSA) is 36.9 Å². The summed E-state index contributed by atoms with van der Waals surface area (Å²) in [6.45, 7) is 1.05. The number of ether oxygens (including phenoxy) is 4. The summed E-state index contributed by atoms with van der Waals surface area (Å²) < 4.78 is 22.0. The molecule has 0 spiro atoms. The van der Waals surface area contributed by atoms with E-state index < -0.39 is 0 Å². The SMILES string of the molecule is COC[C@@H]1OC(Cc2ccccc2)O[C@H]1COC. The third-order valence-corrected chi connectivity index (χ3v) is 2.97. The summed E-state index contributed by atoms with van der Waals surface area (Å²) in [5.41, 5.74) is 1.21. The molecule has 100 valence electrons. The largest absolute Gasteiger partial charge is 0.382 e. The van der Waals surface area contributed by atoms with Gasteiger partial charge in [0.05, 0.1) is 13.2 Å². The van der Waals surface area contributed by atoms with Crippen LogP contribution < -0.4 is 0 Å². The first-order chi connectivity index (χ1) is 8.83. The maximum Gasteiger partial charge on any atom is 0.162 e. The van der Waals surface area contributed by atoms with Crippen molar-refractivity contribution in [3.63, 3.8) is 0 Å². The van der Waals surface area contributed by atoms with Gasteiger partial charge in [0, 0.05) is 20.6 Å². The molecule has 1 aliphatic heterocycles. The summed E-state index contributed by atoms with van der Waals surface area (Å²) in [5.74, 6) is 0. The van der Waals surface area contributed by atoms with Gasteiger partial charge in [-0.2, -0.15) is 0 Å². The molecule has 0 amide bonds. The minimum atomic E-state index is -0.215. The molecule has 1 aromatic rings. The Kier molecular flexibility index (Phi) is 5.13. The Labute approximate surface area is 108 Å². The molecule has 4 heteroatoms. The highest BCUT2D eigenvalue weighted by atomic mass is 16.7. The van der Waals surface area contributed by atoms with Crippen LogP contribution >= 0.6 is 0 Å². The summed E-state index contributed by atoms with van der Waals surface area (Å²) in [7, 11) is 3.33. The Morgan fingerprint density at radius 2 is 1.50 bits per heavy atom. The summed E-state index contributed by atoms with van der Waals surface area (Å²) >= 11 is 0. The highest BCUT2D eigenvalue weighted by Crippen LogP contribution is 2.22. The third kappa shape index (κ3) is 3.53. The van der Waals surface area contributed by atoms with Crippen LogP contribution in [0, 0.1) is 0 Å². The van der Waals surface area contributed by atoms with E-state index in [1.165, 1.54) is 5.56 Å². The Morgan fingerprint density at radius 1 is 0.944 bits per heavy atom. The van der Waals surface area contributed by atoms with Gasteiger partial charge in [-0.15, -0.1) is 0 Å². The third-order valence-electron chi connectivity index (χ3n) is 2.97. The lowest BCUT2D eigenvalue weighted by molar-refractivity contribution is -0.0752. The fourth-order valence-corrected chi connectivity index (χ4v) is 2.12. The molecule has 2 rings (SSSR count). The summed E-state index contributed by atoms with van der Waals surface area (Å²) in [6, 6.07) is 10.2. The fourth-order valence-electron chi connectivity index (χ4n) is 2.12. The zero-order valence-corrected chi connectivity index (χ0v) is 10.9. The van der Waals surface area contributed by atoms with Crippen LogP contribution in [0.25, 0.3) is 0 Å². The van der Waals surface area contributed by atoms with Gasteiger partial charge in [0.25, 0.3) is 0 Å². The Bertz CT molecular complexity index is 327. The molecule has 0 saturated carbocycles. The molecule has 0 N–H and O–H groups in total. The summed E-state index contributed by atoms with van der Waals surface area (Å²) in [6.07, 6.45) is 0.432. The average Bonchev–Trinajstić information content (AvgIpc) is 2.74. The monoisotopic (exact) mass is 252 g/mol. The molecule has 0 bridgehead atoms. The molecule has 1 aliphatic rings. The first-order valence-electron chi connectivity index (χ1n) is 6.16. The van der Waals surface area contributed by atoms with E-state index in [0.29, 0.717) is 13.2 Å². The van der Waals surface area contributed by atoms with Gasteiger partial charge in [-0.1, -0.05) is 30.3 Å². The van der Waals surface area contributed by atoms with Crippen LogP contribution in [0.5, 0.6) is 0 Å². The smallest absolute Gasteiger partial charge is 0.162 e. The zero-order chi connectivity index (χ0) is 12.8. The van der Waals surface area contributed by atoms with Gasteiger partial charge in [-0.25, -0.2) is 0 Å². The molecular formula is C14H20O4. The summed E-state index contributed by atoms with van der Waals surface area (Å²) in [4.78, 5) is 0. The van der Waals surface area contributed by atoms with E-state index in [1.54, 1.807) is 14.2 Å².